The van der Waals surface area contributed by atoms with Crippen LogP contribution in [0.2, 0.25) is 5.02 Å². The van der Waals surface area contributed by atoms with Crippen LogP contribution in [-0.4, -0.2) is 5.60 Å². The lowest BCUT2D eigenvalue weighted by Gasteiger charge is -2.32. The molecule has 2 rings (SSSR count). The normalized spacial score (nSPS) is 18.3. The van der Waals surface area contributed by atoms with Crippen LogP contribution >= 0.6 is 34.2 Å². The summed E-state index contributed by atoms with van der Waals surface area (Å²) in [6.07, 6.45) is 2.28. The molecule has 88 valence electrons. The van der Waals surface area contributed by atoms with Gasteiger partial charge in [-0.05, 0) is 53.6 Å². The van der Waals surface area contributed by atoms with Gasteiger partial charge in [0.05, 0.1) is 3.57 Å². The standard InChI is InChI=1S/C13H16ClIO/c1-12(2,3)13(6-7-13)16-11-8-9(14)4-5-10(11)15/h4-5,8H,6-7H2,1-3H3. The Kier molecular flexibility index (Phi) is 3.17. The fourth-order valence-corrected chi connectivity index (χ4v) is 2.49. The van der Waals surface area contributed by atoms with Crippen LogP contribution in [0.5, 0.6) is 5.75 Å². The molecule has 1 fully saturated rings. The second kappa shape index (κ2) is 4.05. The Balaban J connectivity index is 2.25. The Morgan fingerprint density at radius 3 is 2.44 bits per heavy atom. The highest BCUT2D eigenvalue weighted by atomic mass is 127. The molecule has 1 aromatic rings. The van der Waals surface area contributed by atoms with Crippen LogP contribution in [0.1, 0.15) is 33.6 Å². The lowest BCUT2D eigenvalue weighted by Crippen LogP contribution is -2.34. The quantitative estimate of drug-likeness (QED) is 0.689. The van der Waals surface area contributed by atoms with Crippen molar-refractivity contribution in [2.75, 3.05) is 0 Å². The molecule has 0 heterocycles. The van der Waals surface area contributed by atoms with Gasteiger partial charge in [-0.15, -0.1) is 0 Å². The van der Waals surface area contributed by atoms with Crippen molar-refractivity contribution in [2.24, 2.45) is 5.41 Å². The van der Waals surface area contributed by atoms with Gasteiger partial charge >= 0.3 is 0 Å². The Hall–Kier alpha value is 0.0400. The van der Waals surface area contributed by atoms with Crippen LogP contribution < -0.4 is 4.74 Å². The zero-order valence-electron chi connectivity index (χ0n) is 9.81. The van der Waals surface area contributed by atoms with E-state index in [0.29, 0.717) is 0 Å². The molecule has 1 nitrogen and oxygen atoms in total. The summed E-state index contributed by atoms with van der Waals surface area (Å²) in [4.78, 5) is 0. The van der Waals surface area contributed by atoms with E-state index in [-0.39, 0.29) is 11.0 Å². The summed E-state index contributed by atoms with van der Waals surface area (Å²) in [6, 6.07) is 5.80. The first-order chi connectivity index (χ1) is 7.34. The van der Waals surface area contributed by atoms with Crippen molar-refractivity contribution in [2.45, 2.75) is 39.2 Å². The zero-order valence-corrected chi connectivity index (χ0v) is 12.7. The molecule has 1 saturated carbocycles. The SMILES string of the molecule is CC(C)(C)C1(Oc2cc(Cl)ccc2I)CC1. The van der Waals surface area contributed by atoms with Gasteiger partial charge in [0.1, 0.15) is 11.4 Å². The molecule has 0 aromatic heterocycles. The molecular formula is C13H16ClIO. The monoisotopic (exact) mass is 350 g/mol. The zero-order chi connectivity index (χ0) is 12.0. The van der Waals surface area contributed by atoms with Crippen molar-refractivity contribution in [3.8, 4) is 5.75 Å². The predicted octanol–water partition coefficient (Wildman–Crippen LogP) is 4.90. The maximum Gasteiger partial charge on any atom is 0.134 e. The second-order valence-electron chi connectivity index (χ2n) is 5.42. The predicted molar refractivity (Wildman–Crippen MR) is 76.2 cm³/mol. The molecule has 0 aliphatic heterocycles. The Morgan fingerprint density at radius 1 is 1.31 bits per heavy atom. The highest BCUT2D eigenvalue weighted by Crippen LogP contribution is 2.53. The van der Waals surface area contributed by atoms with Gasteiger partial charge in [-0.3, -0.25) is 0 Å². The van der Waals surface area contributed by atoms with Crippen LogP contribution in [0, 0.1) is 8.99 Å². The van der Waals surface area contributed by atoms with Gasteiger partial charge in [-0.2, -0.15) is 0 Å². The summed E-state index contributed by atoms with van der Waals surface area (Å²) in [5.41, 5.74) is 0.190. The maximum absolute atomic E-state index is 6.20. The van der Waals surface area contributed by atoms with Crippen molar-refractivity contribution in [1.82, 2.24) is 0 Å². The Labute approximate surface area is 116 Å². The van der Waals surface area contributed by atoms with Crippen LogP contribution in [0.4, 0.5) is 0 Å². The topological polar surface area (TPSA) is 9.23 Å². The molecule has 0 amide bonds. The third-order valence-corrected chi connectivity index (χ3v) is 4.40. The summed E-state index contributed by atoms with van der Waals surface area (Å²) in [7, 11) is 0. The van der Waals surface area contributed by atoms with Crippen LogP contribution in [-0.2, 0) is 0 Å². The van der Waals surface area contributed by atoms with Crippen molar-refractivity contribution in [1.29, 1.82) is 0 Å². The number of halogens is 2. The van der Waals surface area contributed by atoms with E-state index in [9.17, 15) is 0 Å². The molecular weight excluding hydrogens is 334 g/mol. The number of rotatable bonds is 2. The van der Waals surface area contributed by atoms with Crippen molar-refractivity contribution in [3.63, 3.8) is 0 Å². The van der Waals surface area contributed by atoms with Gasteiger partial charge in [0.2, 0.25) is 0 Å². The first-order valence-corrected chi connectivity index (χ1v) is 6.94. The van der Waals surface area contributed by atoms with Gasteiger partial charge in [0.25, 0.3) is 0 Å². The Bertz CT molecular complexity index is 405. The highest BCUT2D eigenvalue weighted by Gasteiger charge is 2.54. The van der Waals surface area contributed by atoms with Crippen LogP contribution in [0.15, 0.2) is 18.2 Å². The average molecular weight is 351 g/mol. The fraction of sp³-hybridized carbons (Fsp3) is 0.538. The lowest BCUT2D eigenvalue weighted by molar-refractivity contribution is 0.0611. The third-order valence-electron chi connectivity index (χ3n) is 3.27. The Morgan fingerprint density at radius 2 is 1.94 bits per heavy atom. The van der Waals surface area contributed by atoms with Crippen molar-refractivity contribution < 1.29 is 4.74 Å². The van der Waals surface area contributed by atoms with E-state index >= 15 is 0 Å². The summed E-state index contributed by atoms with van der Waals surface area (Å²) < 4.78 is 7.32. The van der Waals surface area contributed by atoms with Crippen LogP contribution in [0.3, 0.4) is 0 Å². The van der Waals surface area contributed by atoms with Crippen molar-refractivity contribution in [3.05, 3.63) is 26.8 Å². The number of hydrogen-bond acceptors (Lipinski definition) is 1. The largest absolute Gasteiger partial charge is 0.486 e. The number of benzene rings is 1. The van der Waals surface area contributed by atoms with Crippen molar-refractivity contribution >= 4 is 34.2 Å². The molecule has 0 unspecified atom stereocenters. The molecule has 1 aromatic carbocycles. The minimum absolute atomic E-state index is 0.0115. The van der Waals surface area contributed by atoms with E-state index < -0.39 is 0 Å². The summed E-state index contributed by atoms with van der Waals surface area (Å²) in [5.74, 6) is 0.917. The average Bonchev–Trinajstić information content (AvgIpc) is 2.91. The van der Waals surface area contributed by atoms with Gasteiger partial charge in [-0.25, -0.2) is 0 Å². The fourth-order valence-electron chi connectivity index (χ4n) is 1.88. The van der Waals surface area contributed by atoms with Crippen LogP contribution in [0.25, 0.3) is 0 Å². The first kappa shape index (κ1) is 12.5. The molecule has 0 atom stereocenters. The second-order valence-corrected chi connectivity index (χ2v) is 7.02. The number of hydrogen-bond donors (Lipinski definition) is 0. The van der Waals surface area contributed by atoms with Gasteiger partial charge in [0, 0.05) is 10.4 Å². The highest BCUT2D eigenvalue weighted by molar-refractivity contribution is 14.1. The van der Waals surface area contributed by atoms with Gasteiger partial charge in [0.15, 0.2) is 0 Å². The van der Waals surface area contributed by atoms with E-state index in [1.54, 1.807) is 0 Å². The molecule has 3 heteroatoms. The van der Waals surface area contributed by atoms with E-state index in [2.05, 4.69) is 43.4 Å². The molecule has 0 radical (unpaired) electrons. The van der Waals surface area contributed by atoms with Gasteiger partial charge in [-0.1, -0.05) is 32.4 Å². The molecule has 0 N–H and O–H groups in total. The molecule has 0 spiro atoms. The van der Waals surface area contributed by atoms with Gasteiger partial charge < -0.3 is 4.74 Å². The summed E-state index contributed by atoms with van der Waals surface area (Å²) in [5, 5.41) is 0.736. The molecule has 1 aliphatic rings. The third kappa shape index (κ3) is 2.33. The minimum atomic E-state index is 0.0115. The van der Waals surface area contributed by atoms with E-state index in [1.165, 1.54) is 0 Å². The summed E-state index contributed by atoms with van der Waals surface area (Å²) in [6.45, 7) is 6.70. The molecule has 1 aliphatic carbocycles. The maximum atomic E-state index is 6.20. The molecule has 16 heavy (non-hydrogen) atoms. The van der Waals surface area contributed by atoms with E-state index in [1.807, 2.05) is 18.2 Å². The molecule has 0 bridgehead atoms. The lowest BCUT2D eigenvalue weighted by atomic mass is 9.86. The minimum Gasteiger partial charge on any atom is -0.486 e. The number of ether oxygens (including phenoxy) is 1. The first-order valence-electron chi connectivity index (χ1n) is 5.48. The van der Waals surface area contributed by atoms with E-state index in [0.717, 1.165) is 27.2 Å². The van der Waals surface area contributed by atoms with E-state index in [4.69, 9.17) is 16.3 Å². The summed E-state index contributed by atoms with van der Waals surface area (Å²) >= 11 is 8.29. The molecule has 0 saturated heterocycles. The smallest absolute Gasteiger partial charge is 0.134 e.